The summed E-state index contributed by atoms with van der Waals surface area (Å²) in [4.78, 5) is 12.6. The third-order valence-electron chi connectivity index (χ3n) is 1.85. The van der Waals surface area contributed by atoms with E-state index in [2.05, 4.69) is 21.2 Å². The number of carbonyl (C=O) groups is 1. The van der Waals surface area contributed by atoms with Crippen molar-refractivity contribution in [2.24, 2.45) is 0 Å². The van der Waals surface area contributed by atoms with Gasteiger partial charge >= 0.3 is 0 Å². The monoisotopic (exact) mass is 319 g/mol. The molecule has 0 atom stereocenters. The van der Waals surface area contributed by atoms with Gasteiger partial charge in [-0.2, -0.15) is 0 Å². The van der Waals surface area contributed by atoms with Gasteiger partial charge in [0.1, 0.15) is 0 Å². The Morgan fingerprint density at radius 3 is 2.81 bits per heavy atom. The predicted octanol–water partition coefficient (Wildman–Crippen LogP) is 3.69. The highest BCUT2D eigenvalue weighted by molar-refractivity contribution is 9.10. The molecule has 0 saturated heterocycles. The molecule has 0 aromatic carbocycles. The Kier molecular flexibility index (Phi) is 3.68. The van der Waals surface area contributed by atoms with E-state index in [1.807, 2.05) is 6.07 Å². The smallest absolute Gasteiger partial charge is 0.287 e. The molecule has 0 fully saturated rings. The van der Waals surface area contributed by atoms with Crippen molar-refractivity contribution < 1.29 is 9.21 Å². The second-order valence-electron chi connectivity index (χ2n) is 2.99. The molecule has 6 heteroatoms. The fraction of sp³-hybridized carbons (Fsp3) is 0.100. The highest BCUT2D eigenvalue weighted by Crippen LogP contribution is 2.21. The molecule has 0 saturated carbocycles. The van der Waals surface area contributed by atoms with E-state index < -0.39 is 0 Å². The zero-order valence-corrected chi connectivity index (χ0v) is 11.2. The Bertz CT molecular complexity index is 508. The van der Waals surface area contributed by atoms with Gasteiger partial charge in [0, 0.05) is 4.88 Å². The van der Waals surface area contributed by atoms with Gasteiger partial charge in [0.25, 0.3) is 5.91 Å². The molecule has 0 unspecified atom stereocenters. The molecular weight excluding hydrogens is 314 g/mol. The number of thiophene rings is 1. The molecule has 2 aromatic rings. The maximum Gasteiger partial charge on any atom is 0.287 e. The van der Waals surface area contributed by atoms with Gasteiger partial charge in [-0.15, -0.1) is 11.3 Å². The summed E-state index contributed by atoms with van der Waals surface area (Å²) in [5.74, 6) is 0.0461. The van der Waals surface area contributed by atoms with Gasteiger partial charge < -0.3 is 9.73 Å². The zero-order chi connectivity index (χ0) is 11.5. The summed E-state index contributed by atoms with van der Waals surface area (Å²) < 4.78 is 6.37. The van der Waals surface area contributed by atoms with Crippen molar-refractivity contribution in [3.05, 3.63) is 43.9 Å². The Morgan fingerprint density at radius 1 is 1.44 bits per heavy atom. The number of amides is 1. The lowest BCUT2D eigenvalue weighted by Crippen LogP contribution is -2.21. The number of furan rings is 1. The van der Waals surface area contributed by atoms with Crippen molar-refractivity contribution in [1.82, 2.24) is 5.32 Å². The first-order valence-electron chi connectivity index (χ1n) is 4.43. The average molecular weight is 321 g/mol. The van der Waals surface area contributed by atoms with Crippen LogP contribution < -0.4 is 5.32 Å². The van der Waals surface area contributed by atoms with E-state index in [9.17, 15) is 4.79 Å². The summed E-state index contributed by atoms with van der Waals surface area (Å²) in [5, 5.41) is 2.74. The van der Waals surface area contributed by atoms with Crippen LogP contribution in [0.15, 0.2) is 33.4 Å². The van der Waals surface area contributed by atoms with Crippen molar-refractivity contribution in [3.63, 3.8) is 0 Å². The van der Waals surface area contributed by atoms with Gasteiger partial charge in [0.2, 0.25) is 0 Å². The topological polar surface area (TPSA) is 42.2 Å². The quantitative estimate of drug-likeness (QED) is 0.937. The van der Waals surface area contributed by atoms with Crippen LogP contribution in [0.4, 0.5) is 0 Å². The minimum absolute atomic E-state index is 0.241. The van der Waals surface area contributed by atoms with E-state index in [4.69, 9.17) is 16.0 Å². The number of nitrogens with one attached hydrogen (secondary N) is 1. The molecule has 84 valence electrons. The highest BCUT2D eigenvalue weighted by atomic mass is 79.9. The van der Waals surface area contributed by atoms with Crippen molar-refractivity contribution in [3.8, 4) is 0 Å². The van der Waals surface area contributed by atoms with Crippen LogP contribution in [-0.4, -0.2) is 5.91 Å². The van der Waals surface area contributed by atoms with Gasteiger partial charge in [-0.1, -0.05) is 11.6 Å². The van der Waals surface area contributed by atoms with E-state index >= 15 is 0 Å². The fourth-order valence-corrected chi connectivity index (χ4v) is 2.47. The van der Waals surface area contributed by atoms with E-state index in [0.29, 0.717) is 15.6 Å². The van der Waals surface area contributed by atoms with Gasteiger partial charge in [0.05, 0.1) is 10.9 Å². The van der Waals surface area contributed by atoms with E-state index in [0.717, 1.165) is 4.88 Å². The lowest BCUT2D eigenvalue weighted by Gasteiger charge is -1.99. The first-order chi connectivity index (χ1) is 7.65. The van der Waals surface area contributed by atoms with Crippen LogP contribution in [0, 0.1) is 0 Å². The Hall–Kier alpha value is -0.780. The third-order valence-corrected chi connectivity index (χ3v) is 3.51. The van der Waals surface area contributed by atoms with Crippen LogP contribution in [0.5, 0.6) is 0 Å². The molecular formula is C10H7BrClNO2S. The van der Waals surface area contributed by atoms with E-state index in [1.54, 1.807) is 18.2 Å². The third kappa shape index (κ3) is 2.87. The first kappa shape index (κ1) is 11.7. The van der Waals surface area contributed by atoms with E-state index in [1.165, 1.54) is 11.3 Å². The Labute approximate surface area is 110 Å². The summed E-state index contributed by atoms with van der Waals surface area (Å²) in [6.07, 6.45) is 0. The maximum atomic E-state index is 11.6. The summed E-state index contributed by atoms with van der Waals surface area (Å²) in [7, 11) is 0. The van der Waals surface area contributed by atoms with Crippen LogP contribution in [0.3, 0.4) is 0 Å². The van der Waals surface area contributed by atoms with Crippen molar-refractivity contribution in [2.75, 3.05) is 0 Å². The van der Waals surface area contributed by atoms with Crippen LogP contribution in [0.1, 0.15) is 15.4 Å². The highest BCUT2D eigenvalue weighted by Gasteiger charge is 2.10. The Morgan fingerprint density at radius 2 is 2.25 bits per heavy atom. The fourth-order valence-electron chi connectivity index (χ4n) is 1.14. The number of halogens is 2. The van der Waals surface area contributed by atoms with Crippen molar-refractivity contribution >= 4 is 44.8 Å². The molecule has 1 N–H and O–H groups in total. The van der Waals surface area contributed by atoms with E-state index in [-0.39, 0.29) is 11.7 Å². The molecule has 3 nitrogen and oxygen atoms in total. The molecule has 2 aromatic heterocycles. The molecule has 1 amide bonds. The molecule has 0 spiro atoms. The second-order valence-corrected chi connectivity index (χ2v) is 5.57. The largest absolute Gasteiger partial charge is 0.444 e. The average Bonchev–Trinajstić information content (AvgIpc) is 2.84. The zero-order valence-electron chi connectivity index (χ0n) is 8.00. The van der Waals surface area contributed by atoms with Crippen LogP contribution in [-0.2, 0) is 6.54 Å². The van der Waals surface area contributed by atoms with Crippen LogP contribution >= 0.6 is 38.9 Å². The van der Waals surface area contributed by atoms with Crippen molar-refractivity contribution in [1.29, 1.82) is 0 Å². The van der Waals surface area contributed by atoms with Crippen LogP contribution in [0.2, 0.25) is 4.34 Å². The second kappa shape index (κ2) is 5.03. The Balaban J connectivity index is 1.93. The lowest BCUT2D eigenvalue weighted by molar-refractivity contribution is 0.0922. The lowest BCUT2D eigenvalue weighted by atomic mass is 10.4. The minimum atomic E-state index is -0.241. The standard InChI is InChI=1S/C10H7BrClNO2S/c11-8-3-2-7(15-8)10(14)13-5-6-1-4-9(12)16-6/h1-4H,5H2,(H,13,14). The molecule has 0 bridgehead atoms. The number of hydrogen-bond donors (Lipinski definition) is 1. The molecule has 2 heterocycles. The number of carbonyl (C=O) groups excluding carboxylic acids is 1. The number of rotatable bonds is 3. The van der Waals surface area contributed by atoms with Crippen molar-refractivity contribution in [2.45, 2.75) is 6.54 Å². The maximum absolute atomic E-state index is 11.6. The summed E-state index contributed by atoms with van der Waals surface area (Å²) in [6, 6.07) is 6.97. The molecule has 16 heavy (non-hydrogen) atoms. The normalized spacial score (nSPS) is 10.4. The summed E-state index contributed by atoms with van der Waals surface area (Å²) in [6.45, 7) is 0.453. The molecule has 0 aliphatic carbocycles. The molecule has 0 aliphatic rings. The van der Waals surface area contributed by atoms with Gasteiger partial charge in [-0.3, -0.25) is 4.79 Å². The molecule has 0 radical (unpaired) electrons. The van der Waals surface area contributed by atoms with Gasteiger partial charge in [0.15, 0.2) is 10.4 Å². The van der Waals surface area contributed by atoms with Gasteiger partial charge in [-0.25, -0.2) is 0 Å². The summed E-state index contributed by atoms with van der Waals surface area (Å²) >= 11 is 10.4. The predicted molar refractivity (Wildman–Crippen MR) is 66.9 cm³/mol. The number of hydrogen-bond acceptors (Lipinski definition) is 3. The first-order valence-corrected chi connectivity index (χ1v) is 6.41. The van der Waals surface area contributed by atoms with Gasteiger partial charge in [-0.05, 0) is 40.2 Å². The van der Waals surface area contributed by atoms with Crippen LogP contribution in [0.25, 0.3) is 0 Å². The SMILES string of the molecule is O=C(NCc1ccc(Cl)s1)c1ccc(Br)o1. The minimum Gasteiger partial charge on any atom is -0.444 e. The summed E-state index contributed by atoms with van der Waals surface area (Å²) in [5.41, 5.74) is 0. The molecule has 0 aliphatic heterocycles. The molecule has 2 rings (SSSR count).